The van der Waals surface area contributed by atoms with Gasteiger partial charge in [-0.3, -0.25) is 9.59 Å². The second-order valence-electron chi connectivity index (χ2n) is 4.30. The van der Waals surface area contributed by atoms with Gasteiger partial charge >= 0.3 is 0 Å². The molecule has 0 aliphatic heterocycles. The number of benzene rings is 2. The third-order valence-electron chi connectivity index (χ3n) is 3.03. The monoisotopic (exact) mass is 266 g/mol. The maximum Gasteiger partial charge on any atom is 0.250 e. The maximum absolute atomic E-state index is 11.5. The minimum absolute atomic E-state index is 0.211. The average molecular weight is 266 g/mol. The third kappa shape index (κ3) is 1.74. The Morgan fingerprint density at radius 3 is 1.50 bits per heavy atom. The van der Waals surface area contributed by atoms with Crippen LogP contribution in [-0.4, -0.2) is 21.8 Å². The predicted molar refractivity (Wildman–Crippen MR) is 74.1 cm³/mol. The van der Waals surface area contributed by atoms with Crippen LogP contribution in [0, 0.1) is 0 Å². The van der Waals surface area contributed by atoms with Crippen LogP contribution in [0.25, 0.3) is 22.1 Å². The van der Waals surface area contributed by atoms with Crippen molar-refractivity contribution in [1.82, 2.24) is 9.97 Å². The van der Waals surface area contributed by atoms with Crippen molar-refractivity contribution in [2.45, 2.75) is 0 Å². The van der Waals surface area contributed by atoms with Gasteiger partial charge < -0.3 is 11.5 Å². The van der Waals surface area contributed by atoms with E-state index in [0.29, 0.717) is 11.0 Å². The lowest BCUT2D eigenvalue weighted by atomic mass is 10.1. The summed E-state index contributed by atoms with van der Waals surface area (Å²) >= 11 is 0. The summed E-state index contributed by atoms with van der Waals surface area (Å²) in [4.78, 5) is 31.7. The molecule has 1 heterocycles. The lowest BCUT2D eigenvalue weighted by Gasteiger charge is -2.07. The molecule has 0 unspecified atom stereocenters. The molecule has 20 heavy (non-hydrogen) atoms. The summed E-state index contributed by atoms with van der Waals surface area (Å²) in [5, 5.41) is 0. The Hall–Kier alpha value is -3.02. The number of para-hydroxylation sites is 2. The smallest absolute Gasteiger partial charge is 0.250 e. The number of hydrogen-bond acceptors (Lipinski definition) is 4. The van der Waals surface area contributed by atoms with Gasteiger partial charge in [0.1, 0.15) is 11.0 Å². The fourth-order valence-corrected chi connectivity index (χ4v) is 2.10. The van der Waals surface area contributed by atoms with E-state index in [9.17, 15) is 9.59 Å². The van der Waals surface area contributed by atoms with Crippen molar-refractivity contribution in [3.63, 3.8) is 0 Å². The highest BCUT2D eigenvalue weighted by Crippen LogP contribution is 2.22. The number of nitrogens with zero attached hydrogens (tertiary/aromatic N) is 2. The molecule has 0 aliphatic carbocycles. The number of fused-ring (bicyclic) bond motifs is 2. The van der Waals surface area contributed by atoms with Gasteiger partial charge in [0.2, 0.25) is 0 Å². The molecule has 2 aromatic carbocycles. The largest absolute Gasteiger partial charge is 0.366 e. The van der Waals surface area contributed by atoms with Crippen LogP contribution in [0.5, 0.6) is 0 Å². The SMILES string of the molecule is NC(=O)c1ccc(C(N)=O)c2nc3ccccc3nc12. The minimum atomic E-state index is -0.629. The summed E-state index contributed by atoms with van der Waals surface area (Å²) in [7, 11) is 0. The molecule has 98 valence electrons. The van der Waals surface area contributed by atoms with E-state index in [1.54, 1.807) is 12.1 Å². The number of amides is 2. The van der Waals surface area contributed by atoms with E-state index in [2.05, 4.69) is 9.97 Å². The van der Waals surface area contributed by atoms with E-state index in [4.69, 9.17) is 11.5 Å². The van der Waals surface area contributed by atoms with E-state index in [0.717, 1.165) is 0 Å². The van der Waals surface area contributed by atoms with Crippen molar-refractivity contribution in [3.05, 3.63) is 47.5 Å². The quantitative estimate of drug-likeness (QED) is 0.673. The van der Waals surface area contributed by atoms with Crippen molar-refractivity contribution in [2.75, 3.05) is 0 Å². The lowest BCUT2D eigenvalue weighted by molar-refractivity contribution is 0.0990. The molecule has 4 N–H and O–H groups in total. The fourth-order valence-electron chi connectivity index (χ4n) is 2.10. The van der Waals surface area contributed by atoms with Crippen molar-refractivity contribution < 1.29 is 9.59 Å². The van der Waals surface area contributed by atoms with E-state index in [-0.39, 0.29) is 22.2 Å². The second-order valence-corrected chi connectivity index (χ2v) is 4.30. The Bertz CT molecular complexity index is 802. The second kappa shape index (κ2) is 4.27. The molecule has 0 saturated heterocycles. The summed E-state index contributed by atoms with van der Waals surface area (Å²) in [6.45, 7) is 0. The molecule has 1 aromatic heterocycles. The number of hydrogen-bond donors (Lipinski definition) is 2. The summed E-state index contributed by atoms with van der Waals surface area (Å²) < 4.78 is 0. The molecule has 0 saturated carbocycles. The first-order valence-electron chi connectivity index (χ1n) is 5.87. The van der Waals surface area contributed by atoms with Crippen LogP contribution in [-0.2, 0) is 0 Å². The Labute approximate surface area is 113 Å². The molecule has 3 aromatic rings. The topological polar surface area (TPSA) is 112 Å². The zero-order chi connectivity index (χ0) is 14.3. The molecule has 2 amide bonds. The summed E-state index contributed by atoms with van der Waals surface area (Å²) in [6, 6.07) is 10.0. The first kappa shape index (κ1) is 12.0. The fraction of sp³-hybridized carbons (Fsp3) is 0. The maximum atomic E-state index is 11.5. The normalized spacial score (nSPS) is 10.8. The van der Waals surface area contributed by atoms with E-state index in [1.165, 1.54) is 12.1 Å². The van der Waals surface area contributed by atoms with Gasteiger partial charge in [-0.1, -0.05) is 12.1 Å². The van der Waals surface area contributed by atoms with E-state index in [1.807, 2.05) is 12.1 Å². The van der Waals surface area contributed by atoms with Crippen LogP contribution in [0.1, 0.15) is 20.7 Å². The van der Waals surface area contributed by atoms with Crippen LogP contribution >= 0.6 is 0 Å². The number of carbonyl (C=O) groups excluding carboxylic acids is 2. The zero-order valence-corrected chi connectivity index (χ0v) is 10.3. The van der Waals surface area contributed by atoms with Gasteiger partial charge in [-0.2, -0.15) is 0 Å². The molecule has 0 radical (unpaired) electrons. The number of aromatic nitrogens is 2. The molecule has 0 spiro atoms. The highest BCUT2D eigenvalue weighted by molar-refractivity contribution is 6.12. The van der Waals surface area contributed by atoms with Crippen molar-refractivity contribution in [2.24, 2.45) is 11.5 Å². The van der Waals surface area contributed by atoms with Crippen molar-refractivity contribution in [3.8, 4) is 0 Å². The van der Waals surface area contributed by atoms with Gasteiger partial charge in [0.25, 0.3) is 11.8 Å². The molecule has 0 fully saturated rings. The van der Waals surface area contributed by atoms with Gasteiger partial charge in [0, 0.05) is 0 Å². The lowest BCUT2D eigenvalue weighted by Crippen LogP contribution is -2.16. The van der Waals surface area contributed by atoms with Crippen molar-refractivity contribution >= 4 is 33.9 Å². The Balaban J connectivity index is 2.52. The van der Waals surface area contributed by atoms with Crippen LogP contribution < -0.4 is 11.5 Å². The molecular weight excluding hydrogens is 256 g/mol. The molecule has 3 rings (SSSR count). The Kier molecular flexibility index (Phi) is 2.57. The third-order valence-corrected chi connectivity index (χ3v) is 3.03. The highest BCUT2D eigenvalue weighted by atomic mass is 16.1. The van der Waals surface area contributed by atoms with Gasteiger partial charge in [-0.25, -0.2) is 9.97 Å². The summed E-state index contributed by atoms with van der Waals surface area (Å²) in [6.07, 6.45) is 0. The van der Waals surface area contributed by atoms with Crippen LogP contribution in [0.15, 0.2) is 36.4 Å². The number of primary amides is 2. The highest BCUT2D eigenvalue weighted by Gasteiger charge is 2.16. The van der Waals surface area contributed by atoms with Gasteiger partial charge in [0.15, 0.2) is 0 Å². The van der Waals surface area contributed by atoms with E-state index < -0.39 is 11.8 Å². The Morgan fingerprint density at radius 1 is 0.750 bits per heavy atom. The molecule has 0 atom stereocenters. The van der Waals surface area contributed by atoms with Gasteiger partial charge in [0.05, 0.1) is 22.2 Å². The van der Waals surface area contributed by atoms with Crippen LogP contribution in [0.4, 0.5) is 0 Å². The Morgan fingerprint density at radius 2 is 1.15 bits per heavy atom. The number of carbonyl (C=O) groups is 2. The average Bonchev–Trinajstić information content (AvgIpc) is 2.43. The van der Waals surface area contributed by atoms with Gasteiger partial charge in [-0.15, -0.1) is 0 Å². The predicted octanol–water partition coefficient (Wildman–Crippen LogP) is 0.981. The molecule has 0 bridgehead atoms. The first-order chi connectivity index (χ1) is 9.58. The molecule has 6 heteroatoms. The standard InChI is InChI=1S/C14H10N4O2/c15-13(19)7-5-6-8(14(16)20)12-11(7)17-9-3-1-2-4-10(9)18-12/h1-6H,(H2,15,19)(H2,16,20). The van der Waals surface area contributed by atoms with Crippen LogP contribution in [0.2, 0.25) is 0 Å². The first-order valence-corrected chi connectivity index (χ1v) is 5.87. The molecule has 6 nitrogen and oxygen atoms in total. The molecule has 0 aliphatic rings. The zero-order valence-electron chi connectivity index (χ0n) is 10.3. The van der Waals surface area contributed by atoms with Crippen molar-refractivity contribution in [1.29, 1.82) is 0 Å². The number of nitrogens with two attached hydrogens (primary N) is 2. The minimum Gasteiger partial charge on any atom is -0.366 e. The summed E-state index contributed by atoms with van der Waals surface area (Å²) in [5.74, 6) is -1.26. The number of rotatable bonds is 2. The van der Waals surface area contributed by atoms with E-state index >= 15 is 0 Å². The summed E-state index contributed by atoms with van der Waals surface area (Å²) in [5.41, 5.74) is 12.9. The van der Waals surface area contributed by atoms with Gasteiger partial charge in [-0.05, 0) is 24.3 Å². The van der Waals surface area contributed by atoms with Crippen LogP contribution in [0.3, 0.4) is 0 Å². The molecular formula is C14H10N4O2.